The molecule has 0 aliphatic rings. The van der Waals surface area contributed by atoms with Crippen molar-refractivity contribution in [1.82, 2.24) is 0 Å². The lowest BCUT2D eigenvalue weighted by molar-refractivity contribution is -0.727. The van der Waals surface area contributed by atoms with Crippen molar-refractivity contribution in [3.05, 3.63) is 49.1 Å². The van der Waals surface area contributed by atoms with Crippen LogP contribution in [-0.2, 0) is 13.1 Å². The van der Waals surface area contributed by atoms with Crippen molar-refractivity contribution in [1.29, 1.82) is 0 Å². The Hall–Kier alpha value is -2.10. The summed E-state index contributed by atoms with van der Waals surface area (Å²) in [7, 11) is 0. The third-order valence-corrected chi connectivity index (χ3v) is 8.03. The minimum absolute atomic E-state index is 0.822. The average Bonchev–Trinajstić information content (AvgIpc) is 2.99. The van der Waals surface area contributed by atoms with Crippen molar-refractivity contribution in [2.24, 2.45) is 0 Å². The minimum atomic E-state index is 0.822. The molecule has 0 bridgehead atoms. The predicted molar refractivity (Wildman–Crippen MR) is 173 cm³/mol. The lowest BCUT2D eigenvalue weighted by Gasteiger charge is -2.06. The number of rotatable bonds is 28. The zero-order chi connectivity index (χ0) is 29.1. The molecule has 0 aliphatic carbocycles. The fourth-order valence-electron chi connectivity index (χ4n) is 5.44. The van der Waals surface area contributed by atoms with Crippen molar-refractivity contribution < 1.29 is 18.6 Å². The Morgan fingerprint density at radius 3 is 1.15 bits per heavy atom. The van der Waals surface area contributed by atoms with E-state index in [1.807, 2.05) is 0 Å². The van der Waals surface area contributed by atoms with Gasteiger partial charge in [0.05, 0.1) is 19.6 Å². The Bertz CT molecular complexity index is 787. The van der Waals surface area contributed by atoms with E-state index < -0.39 is 0 Å². The maximum absolute atomic E-state index is 6.05. The molecule has 0 amide bonds. The summed E-state index contributed by atoms with van der Waals surface area (Å²) < 4.78 is 16.6. The number of aromatic nitrogens is 2. The minimum Gasteiger partial charge on any atom is -0.487 e. The summed E-state index contributed by atoms with van der Waals surface area (Å²) in [5.41, 5.74) is 0. The van der Waals surface area contributed by atoms with Crippen LogP contribution in [0.3, 0.4) is 0 Å². The van der Waals surface area contributed by atoms with Gasteiger partial charge in [0.2, 0.25) is 12.4 Å². The van der Waals surface area contributed by atoms with Crippen LogP contribution in [0.15, 0.2) is 49.1 Å². The lowest BCUT2D eigenvalue weighted by Crippen LogP contribution is -2.38. The summed E-state index contributed by atoms with van der Waals surface area (Å²) in [5, 5.41) is 0. The number of aryl methyl sites for hydroxylation is 2. The standard InChI is InChI=1S/C37H64N2O2/c1-3-5-7-9-11-13-15-17-19-21-32-40-36-26-23-28-38(34-36)30-25-31-39-29-24-27-37(35-39)41-33-22-20-18-16-14-12-10-8-6-4-2/h23-24,26-29,34-35H,3-22,25,30-33H2,1-2H3/q+2. The number of nitrogens with zero attached hydrogens (tertiary/aromatic N) is 2. The molecule has 232 valence electrons. The highest BCUT2D eigenvalue weighted by molar-refractivity contribution is 5.13. The van der Waals surface area contributed by atoms with Gasteiger partial charge >= 0.3 is 0 Å². The van der Waals surface area contributed by atoms with Gasteiger partial charge in [-0.05, 0) is 25.0 Å². The number of hydrogen-bond acceptors (Lipinski definition) is 2. The highest BCUT2D eigenvalue weighted by atomic mass is 16.5. The Morgan fingerprint density at radius 2 is 0.780 bits per heavy atom. The van der Waals surface area contributed by atoms with Gasteiger partial charge < -0.3 is 9.47 Å². The fraction of sp³-hybridized carbons (Fsp3) is 0.730. The number of hydrogen-bond donors (Lipinski definition) is 0. The number of pyridine rings is 2. The van der Waals surface area contributed by atoms with Crippen molar-refractivity contribution in [2.45, 2.75) is 162 Å². The Balaban J connectivity index is 1.51. The first-order valence-electron chi connectivity index (χ1n) is 17.6. The van der Waals surface area contributed by atoms with Gasteiger partial charge in [-0.2, -0.15) is 0 Å². The van der Waals surface area contributed by atoms with Crippen LogP contribution in [0, 0.1) is 0 Å². The molecule has 2 rings (SSSR count). The molecular formula is C37H64N2O2+2. The summed E-state index contributed by atoms with van der Waals surface area (Å²) in [6.45, 7) is 8.17. The quantitative estimate of drug-likeness (QED) is 0.0754. The normalized spacial score (nSPS) is 11.2. The maximum atomic E-state index is 6.05. The van der Waals surface area contributed by atoms with Crippen molar-refractivity contribution in [3.63, 3.8) is 0 Å². The molecule has 0 fully saturated rings. The van der Waals surface area contributed by atoms with E-state index in [0.717, 1.165) is 57.1 Å². The Kier molecular flexibility index (Phi) is 21.9. The van der Waals surface area contributed by atoms with Gasteiger partial charge in [0, 0.05) is 12.1 Å². The van der Waals surface area contributed by atoms with Gasteiger partial charge in [0.15, 0.2) is 37.0 Å². The number of unbranched alkanes of at least 4 members (excludes halogenated alkanes) is 18. The van der Waals surface area contributed by atoms with Crippen molar-refractivity contribution in [2.75, 3.05) is 13.2 Å². The highest BCUT2D eigenvalue weighted by Gasteiger charge is 2.08. The summed E-state index contributed by atoms with van der Waals surface area (Å²) >= 11 is 0. The lowest BCUT2D eigenvalue weighted by atomic mass is 10.1. The second-order valence-electron chi connectivity index (χ2n) is 12.0. The zero-order valence-electron chi connectivity index (χ0n) is 27.0. The van der Waals surface area contributed by atoms with Crippen LogP contribution >= 0.6 is 0 Å². The summed E-state index contributed by atoms with van der Waals surface area (Å²) in [5.74, 6) is 1.97. The Labute approximate surface area is 253 Å². The topological polar surface area (TPSA) is 26.2 Å². The van der Waals surface area contributed by atoms with E-state index in [4.69, 9.17) is 9.47 Å². The molecule has 4 nitrogen and oxygen atoms in total. The maximum Gasteiger partial charge on any atom is 0.211 e. The van der Waals surface area contributed by atoms with Gasteiger partial charge in [0.25, 0.3) is 0 Å². The van der Waals surface area contributed by atoms with Crippen LogP contribution in [0.1, 0.15) is 149 Å². The third-order valence-electron chi connectivity index (χ3n) is 8.03. The molecule has 0 unspecified atom stereocenters. The molecule has 0 aromatic carbocycles. The molecule has 0 spiro atoms. The molecule has 0 N–H and O–H groups in total. The van der Waals surface area contributed by atoms with Gasteiger partial charge in [-0.1, -0.05) is 129 Å². The molecule has 2 aromatic rings. The Morgan fingerprint density at radius 1 is 0.439 bits per heavy atom. The molecule has 0 saturated heterocycles. The third kappa shape index (κ3) is 19.6. The van der Waals surface area contributed by atoms with Crippen LogP contribution in [0.4, 0.5) is 0 Å². The second kappa shape index (κ2) is 25.6. The van der Waals surface area contributed by atoms with Crippen LogP contribution in [0.5, 0.6) is 11.5 Å². The number of ether oxygens (including phenoxy) is 2. The largest absolute Gasteiger partial charge is 0.487 e. The van der Waals surface area contributed by atoms with E-state index in [1.54, 1.807) is 0 Å². The first-order valence-corrected chi connectivity index (χ1v) is 17.6. The van der Waals surface area contributed by atoms with Gasteiger partial charge in [-0.15, -0.1) is 0 Å². The van der Waals surface area contributed by atoms with E-state index in [1.165, 1.54) is 116 Å². The van der Waals surface area contributed by atoms with Crippen LogP contribution in [0.2, 0.25) is 0 Å². The molecule has 0 atom stereocenters. The highest BCUT2D eigenvalue weighted by Crippen LogP contribution is 2.13. The molecule has 2 heterocycles. The first-order chi connectivity index (χ1) is 20.3. The molecule has 0 saturated carbocycles. The van der Waals surface area contributed by atoms with Crippen molar-refractivity contribution >= 4 is 0 Å². The molecular weight excluding hydrogens is 504 g/mol. The van der Waals surface area contributed by atoms with Crippen LogP contribution in [0.25, 0.3) is 0 Å². The van der Waals surface area contributed by atoms with Crippen LogP contribution in [-0.4, -0.2) is 13.2 Å². The second-order valence-corrected chi connectivity index (χ2v) is 12.0. The summed E-state index contributed by atoms with van der Waals surface area (Å²) in [4.78, 5) is 0. The fourth-order valence-corrected chi connectivity index (χ4v) is 5.44. The smallest absolute Gasteiger partial charge is 0.211 e. The molecule has 4 heteroatoms. The monoisotopic (exact) mass is 568 g/mol. The van der Waals surface area contributed by atoms with E-state index in [9.17, 15) is 0 Å². The molecule has 2 aromatic heterocycles. The van der Waals surface area contributed by atoms with Crippen molar-refractivity contribution in [3.8, 4) is 11.5 Å². The SMILES string of the molecule is CCCCCCCCCCCCOc1ccc[n+](CCC[n+]2cccc(OCCCCCCCCCCCC)c2)c1. The predicted octanol–water partition coefficient (Wildman–Crippen LogP) is 9.95. The summed E-state index contributed by atoms with van der Waals surface area (Å²) in [6, 6.07) is 8.36. The van der Waals surface area contributed by atoms with E-state index in [0.29, 0.717) is 0 Å². The van der Waals surface area contributed by atoms with Gasteiger partial charge in [0.1, 0.15) is 0 Å². The molecule has 0 radical (unpaired) electrons. The van der Waals surface area contributed by atoms with Gasteiger partial charge in [-0.3, -0.25) is 0 Å². The van der Waals surface area contributed by atoms with Crippen LogP contribution < -0.4 is 18.6 Å². The summed E-state index contributed by atoms with van der Waals surface area (Å²) in [6.07, 6.45) is 36.7. The average molecular weight is 569 g/mol. The zero-order valence-corrected chi connectivity index (χ0v) is 27.0. The first kappa shape index (κ1) is 35.1. The van der Waals surface area contributed by atoms with Gasteiger partial charge in [-0.25, -0.2) is 9.13 Å². The van der Waals surface area contributed by atoms with E-state index in [-0.39, 0.29) is 0 Å². The molecule has 41 heavy (non-hydrogen) atoms. The van der Waals surface area contributed by atoms with E-state index in [2.05, 4.69) is 72.0 Å². The molecule has 0 aliphatic heterocycles. The van der Waals surface area contributed by atoms with E-state index >= 15 is 0 Å².